The van der Waals surface area contributed by atoms with Gasteiger partial charge in [-0.05, 0) is 22.3 Å². The zero-order valence-corrected chi connectivity index (χ0v) is 32.7. The predicted molar refractivity (Wildman–Crippen MR) is 221 cm³/mol. The van der Waals surface area contributed by atoms with Gasteiger partial charge < -0.3 is 30.4 Å². The van der Waals surface area contributed by atoms with Crippen LogP contribution in [0.25, 0.3) is 0 Å². The molecular formula is C45H40N6O10. The maximum Gasteiger partial charge on any atom is 0.305 e. The van der Waals surface area contributed by atoms with E-state index in [1.54, 1.807) is 0 Å². The number of benzene rings is 4. The summed E-state index contributed by atoms with van der Waals surface area (Å²) in [6, 6.07) is 36.3. The third-order valence-corrected chi connectivity index (χ3v) is 9.05. The van der Waals surface area contributed by atoms with Crippen molar-refractivity contribution in [2.24, 2.45) is 0 Å². The molecule has 0 aliphatic rings. The quantitative estimate of drug-likeness (QED) is 0.0655. The Morgan fingerprint density at radius 3 is 1.16 bits per heavy atom. The maximum absolute atomic E-state index is 12.8. The number of methoxy groups -OCH3 is 1. The van der Waals surface area contributed by atoms with E-state index in [0.717, 1.165) is 34.6 Å². The number of carboxylic acid groups (broad SMARTS) is 1. The Bertz CT molecular complexity index is 2520. The van der Waals surface area contributed by atoms with Gasteiger partial charge in [-0.2, -0.15) is 0 Å². The number of aliphatic carboxylic acids is 1. The van der Waals surface area contributed by atoms with Crippen molar-refractivity contribution in [3.8, 4) is 0 Å². The molecule has 0 radical (unpaired) electrons. The van der Waals surface area contributed by atoms with Crippen LogP contribution in [0.15, 0.2) is 143 Å². The molecule has 61 heavy (non-hydrogen) atoms. The molecule has 0 unspecified atom stereocenters. The number of ketones is 2. The van der Waals surface area contributed by atoms with Crippen LogP contribution in [-0.2, 0) is 14.3 Å². The second-order valence-corrected chi connectivity index (χ2v) is 13.2. The average Bonchev–Trinajstić information content (AvgIpc) is 3.29. The van der Waals surface area contributed by atoms with Gasteiger partial charge in [-0.3, -0.25) is 38.4 Å². The third-order valence-electron chi connectivity index (χ3n) is 9.05. The molecule has 310 valence electrons. The lowest BCUT2D eigenvalue weighted by Crippen LogP contribution is -2.34. The Balaban J connectivity index is 0.000000231. The summed E-state index contributed by atoms with van der Waals surface area (Å²) in [6.45, 7) is 0. The van der Waals surface area contributed by atoms with Crippen molar-refractivity contribution >= 4 is 35.3 Å². The van der Waals surface area contributed by atoms with Gasteiger partial charge in [0.1, 0.15) is 11.1 Å². The minimum Gasteiger partial charge on any atom is -0.481 e. The monoisotopic (exact) mass is 824 g/mol. The molecule has 0 atom stereocenters. The number of carbonyl (C=O) groups is 6. The van der Waals surface area contributed by atoms with Crippen LogP contribution in [0.2, 0.25) is 0 Å². The number of hydrogen-bond acceptors (Lipinski definition) is 11. The average molecular weight is 825 g/mol. The molecule has 2 amide bonds. The highest BCUT2D eigenvalue weighted by Crippen LogP contribution is 2.23. The van der Waals surface area contributed by atoms with E-state index in [1.165, 1.54) is 7.11 Å². The zero-order valence-electron chi connectivity index (χ0n) is 32.7. The van der Waals surface area contributed by atoms with Crippen LogP contribution >= 0.6 is 0 Å². The molecule has 2 aromatic heterocycles. The van der Waals surface area contributed by atoms with Crippen molar-refractivity contribution in [3.05, 3.63) is 199 Å². The molecule has 0 aliphatic heterocycles. The maximum atomic E-state index is 12.8. The fraction of sp³-hybridized carbons (Fsp3) is 0.156. The molecule has 6 rings (SSSR count). The number of ether oxygens (including phenoxy) is 1. The number of carbonyl (C=O) groups excluding carboxylic acids is 5. The van der Waals surface area contributed by atoms with Crippen LogP contribution in [0.1, 0.15) is 102 Å². The van der Waals surface area contributed by atoms with Crippen molar-refractivity contribution in [3.63, 3.8) is 0 Å². The van der Waals surface area contributed by atoms with E-state index in [1.807, 2.05) is 121 Å². The van der Waals surface area contributed by atoms with Gasteiger partial charge >= 0.3 is 11.9 Å². The van der Waals surface area contributed by atoms with E-state index >= 15 is 0 Å². The summed E-state index contributed by atoms with van der Waals surface area (Å²) in [7, 11) is 1.22. The van der Waals surface area contributed by atoms with Crippen LogP contribution in [0.5, 0.6) is 0 Å². The largest absolute Gasteiger partial charge is 0.481 e. The first-order chi connectivity index (χ1) is 29.4. The summed E-state index contributed by atoms with van der Waals surface area (Å²) >= 11 is 0. The van der Waals surface area contributed by atoms with E-state index < -0.39 is 58.5 Å². The van der Waals surface area contributed by atoms with Gasteiger partial charge in [-0.15, -0.1) is 0 Å². The SMILES string of the molecule is COC(=O)CCC(=O)c1ncc(C(=O)NC(c2ccccc2)c2ccccc2)c(=O)[nH]1.O=C(O)CCC(=O)c1ncc(C(=O)NC(c2ccccc2)c2ccccc2)c(=O)[nH]1. The molecule has 5 N–H and O–H groups in total. The van der Waals surface area contributed by atoms with E-state index in [0.29, 0.717) is 0 Å². The van der Waals surface area contributed by atoms with E-state index in [9.17, 15) is 38.4 Å². The lowest BCUT2D eigenvalue weighted by atomic mass is 9.98. The number of nitrogens with zero attached hydrogens (tertiary/aromatic N) is 2. The van der Waals surface area contributed by atoms with Crippen LogP contribution in [0, 0.1) is 0 Å². The van der Waals surface area contributed by atoms with Gasteiger partial charge in [0.25, 0.3) is 22.9 Å². The molecule has 16 heteroatoms. The van der Waals surface area contributed by atoms with Crippen molar-refractivity contribution in [1.29, 1.82) is 0 Å². The zero-order chi connectivity index (χ0) is 43.7. The van der Waals surface area contributed by atoms with Gasteiger partial charge in [0, 0.05) is 25.2 Å². The number of H-pyrrole nitrogens is 2. The number of aromatic amines is 2. The van der Waals surface area contributed by atoms with Gasteiger partial charge in [-0.25, -0.2) is 9.97 Å². The number of carboxylic acids is 1. The molecule has 4 aromatic carbocycles. The fourth-order valence-electron chi connectivity index (χ4n) is 5.89. The minimum atomic E-state index is -1.13. The van der Waals surface area contributed by atoms with Crippen LogP contribution in [0.3, 0.4) is 0 Å². The number of hydrogen-bond donors (Lipinski definition) is 5. The van der Waals surface area contributed by atoms with E-state index in [2.05, 4.69) is 35.3 Å². The van der Waals surface area contributed by atoms with Crippen molar-refractivity contribution in [2.75, 3.05) is 7.11 Å². The van der Waals surface area contributed by atoms with Gasteiger partial charge in [0.05, 0.1) is 32.0 Å². The number of esters is 1. The Labute approximate surface area is 348 Å². The standard InChI is InChI=1S/C23H21N3O5.C22H19N3O5/c1-31-19(28)13-12-18(27)21-24-14-17(23(30)26-21)22(29)25-20(15-8-4-2-5-9-15)16-10-6-3-7-11-16;26-17(11-12-18(27)28)20-23-13-16(22(30)25-20)21(29)24-19(14-7-3-1-4-8-14)15-9-5-2-6-10-15/h2-11,14,20H,12-13H2,1H3,(H,25,29)(H,24,26,30);1-10,13,19H,11-12H2,(H,24,29)(H,27,28)(H,23,25,30). The molecule has 6 aromatic rings. The van der Waals surface area contributed by atoms with Crippen molar-refractivity contribution in [2.45, 2.75) is 37.8 Å². The molecule has 0 aliphatic carbocycles. The molecule has 16 nitrogen and oxygen atoms in total. The summed E-state index contributed by atoms with van der Waals surface area (Å²) in [5.41, 5.74) is 1.38. The van der Waals surface area contributed by atoms with Crippen molar-refractivity contribution in [1.82, 2.24) is 30.6 Å². The number of aromatic nitrogens is 4. The summed E-state index contributed by atoms with van der Waals surface area (Å²) in [6.07, 6.45) is 1.12. The topological polar surface area (TPSA) is 247 Å². The summed E-state index contributed by atoms with van der Waals surface area (Å²) in [4.78, 5) is 109. The molecule has 0 bridgehead atoms. The minimum absolute atomic E-state index is 0.128. The van der Waals surface area contributed by atoms with Gasteiger partial charge in [0.2, 0.25) is 0 Å². The van der Waals surface area contributed by atoms with Crippen molar-refractivity contribution < 1.29 is 38.6 Å². The van der Waals surface area contributed by atoms with Crippen LogP contribution in [0.4, 0.5) is 0 Å². The number of Topliss-reactive ketones (excluding diaryl/α,β-unsaturated/α-hetero) is 2. The second kappa shape index (κ2) is 21.6. The predicted octanol–water partition coefficient (Wildman–Crippen LogP) is 4.76. The highest BCUT2D eigenvalue weighted by molar-refractivity contribution is 5.97. The highest BCUT2D eigenvalue weighted by Gasteiger charge is 2.23. The highest BCUT2D eigenvalue weighted by atomic mass is 16.5. The fourth-order valence-corrected chi connectivity index (χ4v) is 5.89. The molecule has 2 heterocycles. The Hall–Kier alpha value is -8.14. The molecule has 0 spiro atoms. The Kier molecular flexibility index (Phi) is 15.5. The van der Waals surface area contributed by atoms with Gasteiger partial charge in [0.15, 0.2) is 23.2 Å². The lowest BCUT2D eigenvalue weighted by Gasteiger charge is -2.19. The summed E-state index contributed by atoms with van der Waals surface area (Å²) in [5.74, 6) is -4.58. The first kappa shape index (κ1) is 44.0. The van der Waals surface area contributed by atoms with E-state index in [4.69, 9.17) is 5.11 Å². The number of nitrogens with one attached hydrogen (secondary N) is 4. The van der Waals surface area contributed by atoms with Crippen LogP contribution in [-0.4, -0.2) is 67.5 Å². The third kappa shape index (κ3) is 12.4. The summed E-state index contributed by atoms with van der Waals surface area (Å²) in [5, 5.41) is 14.3. The second-order valence-electron chi connectivity index (χ2n) is 13.2. The Morgan fingerprint density at radius 2 is 0.869 bits per heavy atom. The molecule has 0 fully saturated rings. The Morgan fingerprint density at radius 1 is 0.541 bits per heavy atom. The first-order valence-corrected chi connectivity index (χ1v) is 18.8. The number of amides is 2. The smallest absolute Gasteiger partial charge is 0.305 e. The summed E-state index contributed by atoms with van der Waals surface area (Å²) < 4.78 is 4.48. The van der Waals surface area contributed by atoms with Gasteiger partial charge in [-0.1, -0.05) is 121 Å². The molecular weight excluding hydrogens is 785 g/mol. The first-order valence-electron chi connectivity index (χ1n) is 18.8. The number of rotatable bonds is 16. The normalized spacial score (nSPS) is 10.5. The van der Waals surface area contributed by atoms with Crippen LogP contribution < -0.4 is 21.8 Å². The lowest BCUT2D eigenvalue weighted by molar-refractivity contribution is -0.140. The molecule has 0 saturated carbocycles. The van der Waals surface area contributed by atoms with E-state index in [-0.39, 0.29) is 48.5 Å². The molecule has 0 saturated heterocycles.